The number of anilines is 2. The van der Waals surface area contributed by atoms with Gasteiger partial charge >= 0.3 is 0 Å². The van der Waals surface area contributed by atoms with Crippen LogP contribution in [-0.2, 0) is 6.54 Å². The first-order valence-corrected chi connectivity index (χ1v) is 8.14. The zero-order valence-electron chi connectivity index (χ0n) is 12.4. The van der Waals surface area contributed by atoms with Gasteiger partial charge in [-0.25, -0.2) is 0 Å². The van der Waals surface area contributed by atoms with Gasteiger partial charge in [0.1, 0.15) is 0 Å². The minimum atomic E-state index is 0.311. The summed E-state index contributed by atoms with van der Waals surface area (Å²) in [6.45, 7) is 3.23. The fraction of sp³-hybridized carbons (Fsp3) is 0.294. The Morgan fingerprint density at radius 2 is 1.86 bits per heavy atom. The van der Waals surface area contributed by atoms with E-state index in [-0.39, 0.29) is 0 Å². The molecule has 0 saturated carbocycles. The van der Waals surface area contributed by atoms with E-state index < -0.39 is 0 Å². The molecule has 0 spiro atoms. The van der Waals surface area contributed by atoms with Crippen LogP contribution in [0.25, 0.3) is 0 Å². The number of fused-ring (bicyclic) bond motifs is 2. The summed E-state index contributed by atoms with van der Waals surface area (Å²) in [5.41, 5.74) is 3.72. The van der Waals surface area contributed by atoms with Gasteiger partial charge in [-0.1, -0.05) is 15.9 Å². The van der Waals surface area contributed by atoms with E-state index >= 15 is 0 Å². The molecule has 0 fully saturated rings. The highest BCUT2D eigenvalue weighted by Gasteiger charge is 2.22. The lowest BCUT2D eigenvalue weighted by Crippen LogP contribution is -2.26. The molecule has 2 aromatic rings. The van der Waals surface area contributed by atoms with E-state index in [0.29, 0.717) is 6.79 Å². The zero-order valence-corrected chi connectivity index (χ0v) is 14.0. The third-order valence-corrected chi connectivity index (χ3v) is 4.64. The van der Waals surface area contributed by atoms with Crippen LogP contribution in [0, 0.1) is 0 Å². The number of likely N-dealkylation sites (N-methyl/N-ethyl adjacent to an activating group) is 1. The molecule has 0 amide bonds. The standard InChI is InChI=1S/C17H17BrN2O2/c1-19-6-7-20(15-4-2-13(18)8-12(15)10-19)14-3-5-16-17(9-14)22-11-21-16/h2-5,8-9H,6-7,10-11H2,1H3. The van der Waals surface area contributed by atoms with Crippen molar-refractivity contribution in [3.05, 3.63) is 46.4 Å². The van der Waals surface area contributed by atoms with Crippen molar-refractivity contribution in [1.29, 1.82) is 0 Å². The maximum absolute atomic E-state index is 5.52. The second-order valence-electron chi connectivity index (χ2n) is 5.70. The Labute approximate surface area is 138 Å². The van der Waals surface area contributed by atoms with Crippen LogP contribution in [0.1, 0.15) is 5.56 Å². The Bertz CT molecular complexity index is 720. The van der Waals surface area contributed by atoms with Crippen molar-refractivity contribution in [2.75, 3.05) is 31.8 Å². The average molecular weight is 361 g/mol. The fourth-order valence-corrected chi connectivity index (χ4v) is 3.43. The third kappa shape index (κ3) is 2.44. The minimum Gasteiger partial charge on any atom is -0.454 e. The third-order valence-electron chi connectivity index (χ3n) is 4.15. The molecule has 0 bridgehead atoms. The lowest BCUT2D eigenvalue weighted by Gasteiger charge is -2.25. The van der Waals surface area contributed by atoms with Crippen LogP contribution in [-0.4, -0.2) is 31.8 Å². The first kappa shape index (κ1) is 13.9. The highest BCUT2D eigenvalue weighted by molar-refractivity contribution is 9.10. The SMILES string of the molecule is CN1CCN(c2ccc3c(c2)OCO3)c2ccc(Br)cc2C1. The van der Waals surface area contributed by atoms with Gasteiger partial charge in [0.15, 0.2) is 11.5 Å². The van der Waals surface area contributed by atoms with E-state index in [0.717, 1.165) is 41.3 Å². The summed E-state index contributed by atoms with van der Waals surface area (Å²) in [7, 11) is 2.16. The van der Waals surface area contributed by atoms with Crippen molar-refractivity contribution in [2.45, 2.75) is 6.54 Å². The molecule has 22 heavy (non-hydrogen) atoms. The summed E-state index contributed by atoms with van der Waals surface area (Å²) in [5, 5.41) is 0. The van der Waals surface area contributed by atoms with Gasteiger partial charge in [0, 0.05) is 41.5 Å². The molecule has 5 heteroatoms. The fourth-order valence-electron chi connectivity index (χ4n) is 3.03. The van der Waals surface area contributed by atoms with E-state index in [2.05, 4.69) is 63.1 Å². The van der Waals surface area contributed by atoms with Crippen molar-refractivity contribution < 1.29 is 9.47 Å². The monoisotopic (exact) mass is 360 g/mol. The second kappa shape index (κ2) is 5.48. The van der Waals surface area contributed by atoms with Gasteiger partial charge in [0.2, 0.25) is 6.79 Å². The van der Waals surface area contributed by atoms with Crippen LogP contribution in [0.3, 0.4) is 0 Å². The van der Waals surface area contributed by atoms with E-state index in [4.69, 9.17) is 9.47 Å². The lowest BCUT2D eigenvalue weighted by atomic mass is 10.1. The minimum absolute atomic E-state index is 0.311. The van der Waals surface area contributed by atoms with E-state index in [1.165, 1.54) is 11.3 Å². The molecule has 0 radical (unpaired) electrons. The smallest absolute Gasteiger partial charge is 0.231 e. The quantitative estimate of drug-likeness (QED) is 0.772. The Balaban J connectivity index is 1.78. The molecule has 4 nitrogen and oxygen atoms in total. The van der Waals surface area contributed by atoms with Crippen LogP contribution in [0.2, 0.25) is 0 Å². The molecule has 4 rings (SSSR count). The molecule has 114 valence electrons. The van der Waals surface area contributed by atoms with E-state index in [9.17, 15) is 0 Å². The van der Waals surface area contributed by atoms with Crippen LogP contribution < -0.4 is 14.4 Å². The number of hydrogen-bond donors (Lipinski definition) is 0. The molecule has 2 aromatic carbocycles. The maximum Gasteiger partial charge on any atom is 0.231 e. The van der Waals surface area contributed by atoms with Crippen molar-refractivity contribution in [3.63, 3.8) is 0 Å². The Kier molecular flexibility index (Phi) is 3.47. The number of hydrogen-bond acceptors (Lipinski definition) is 4. The predicted octanol–water partition coefficient (Wildman–Crippen LogP) is 3.76. The highest BCUT2D eigenvalue weighted by atomic mass is 79.9. The summed E-state index contributed by atoms with van der Waals surface area (Å²) in [5.74, 6) is 1.65. The molecule has 2 aliphatic rings. The van der Waals surface area contributed by atoms with Gasteiger partial charge < -0.3 is 19.3 Å². The Hall–Kier alpha value is -1.72. The van der Waals surface area contributed by atoms with E-state index in [1.54, 1.807) is 0 Å². The molecule has 0 aliphatic carbocycles. The maximum atomic E-state index is 5.52. The Morgan fingerprint density at radius 3 is 2.77 bits per heavy atom. The lowest BCUT2D eigenvalue weighted by molar-refractivity contribution is 0.174. The molecule has 2 heterocycles. The number of halogens is 1. The summed E-state index contributed by atoms with van der Waals surface area (Å²) < 4.78 is 12.1. The summed E-state index contributed by atoms with van der Waals surface area (Å²) in [6.07, 6.45) is 0. The summed E-state index contributed by atoms with van der Waals surface area (Å²) in [4.78, 5) is 4.70. The molecular formula is C17H17BrN2O2. The van der Waals surface area contributed by atoms with Gasteiger partial charge in [-0.2, -0.15) is 0 Å². The zero-order chi connectivity index (χ0) is 15.1. The van der Waals surface area contributed by atoms with Crippen molar-refractivity contribution >= 4 is 27.3 Å². The number of ether oxygens (including phenoxy) is 2. The van der Waals surface area contributed by atoms with Crippen molar-refractivity contribution in [3.8, 4) is 11.5 Å². The molecule has 0 N–H and O–H groups in total. The first-order chi connectivity index (χ1) is 10.7. The molecule has 2 aliphatic heterocycles. The van der Waals surface area contributed by atoms with Gasteiger partial charge in [0.05, 0.1) is 0 Å². The van der Waals surface area contributed by atoms with Crippen LogP contribution in [0.15, 0.2) is 40.9 Å². The largest absolute Gasteiger partial charge is 0.454 e. The van der Waals surface area contributed by atoms with Crippen LogP contribution in [0.4, 0.5) is 11.4 Å². The summed E-state index contributed by atoms with van der Waals surface area (Å²) >= 11 is 3.58. The van der Waals surface area contributed by atoms with Gasteiger partial charge in [-0.15, -0.1) is 0 Å². The molecule has 0 saturated heterocycles. The van der Waals surface area contributed by atoms with E-state index in [1.807, 2.05) is 6.07 Å². The van der Waals surface area contributed by atoms with Crippen LogP contribution in [0.5, 0.6) is 11.5 Å². The van der Waals surface area contributed by atoms with Gasteiger partial charge in [-0.3, -0.25) is 0 Å². The molecule has 0 aromatic heterocycles. The predicted molar refractivity (Wildman–Crippen MR) is 90.0 cm³/mol. The Morgan fingerprint density at radius 1 is 1.00 bits per heavy atom. The van der Waals surface area contributed by atoms with Crippen molar-refractivity contribution in [2.24, 2.45) is 0 Å². The van der Waals surface area contributed by atoms with Crippen molar-refractivity contribution in [1.82, 2.24) is 4.90 Å². The van der Waals surface area contributed by atoms with Gasteiger partial charge in [-0.05, 0) is 42.9 Å². The summed E-state index contributed by atoms with van der Waals surface area (Å²) in [6, 6.07) is 12.7. The highest BCUT2D eigenvalue weighted by Crippen LogP contribution is 2.39. The van der Waals surface area contributed by atoms with Crippen LogP contribution >= 0.6 is 15.9 Å². The normalized spacial score (nSPS) is 17.3. The average Bonchev–Trinajstić information content (AvgIpc) is 2.90. The number of rotatable bonds is 1. The topological polar surface area (TPSA) is 24.9 Å². The molecular weight excluding hydrogens is 344 g/mol. The molecule has 0 unspecified atom stereocenters. The molecule has 0 atom stereocenters. The first-order valence-electron chi connectivity index (χ1n) is 7.35. The van der Waals surface area contributed by atoms with Gasteiger partial charge in [0.25, 0.3) is 0 Å². The number of benzene rings is 2. The number of nitrogens with zero attached hydrogens (tertiary/aromatic N) is 2. The second-order valence-corrected chi connectivity index (χ2v) is 6.62.